The van der Waals surface area contributed by atoms with Crippen LogP contribution in [0.5, 0.6) is 5.75 Å². The maximum absolute atomic E-state index is 6.08. The zero-order chi connectivity index (χ0) is 11.7. The summed E-state index contributed by atoms with van der Waals surface area (Å²) >= 11 is 6.08. The molecule has 5 heteroatoms. The second-order valence-corrected chi connectivity index (χ2v) is 3.81. The van der Waals surface area contributed by atoms with Crippen LogP contribution >= 0.6 is 11.6 Å². The third-order valence-corrected chi connectivity index (χ3v) is 2.73. The highest BCUT2D eigenvalue weighted by molar-refractivity contribution is 6.31. The van der Waals surface area contributed by atoms with Gasteiger partial charge < -0.3 is 15.0 Å². The van der Waals surface area contributed by atoms with E-state index in [-0.39, 0.29) is 5.88 Å². The number of halogens is 1. The molecule has 4 nitrogen and oxygen atoms in total. The summed E-state index contributed by atoms with van der Waals surface area (Å²) in [5, 5.41) is 4.44. The first-order valence-electron chi connectivity index (χ1n) is 4.68. The van der Waals surface area contributed by atoms with Crippen molar-refractivity contribution in [1.29, 1.82) is 0 Å². The molecule has 2 N–H and O–H groups in total. The molecular formula is C11H11ClN2O2. The lowest BCUT2D eigenvalue weighted by Gasteiger charge is -2.08. The molecule has 0 amide bonds. The molecule has 1 aromatic carbocycles. The van der Waals surface area contributed by atoms with Crippen LogP contribution < -0.4 is 10.5 Å². The van der Waals surface area contributed by atoms with Crippen molar-refractivity contribution < 1.29 is 9.26 Å². The molecule has 1 aromatic heterocycles. The highest BCUT2D eigenvalue weighted by Gasteiger charge is 2.10. The number of nitrogen functional groups attached to an aromatic ring is 1. The summed E-state index contributed by atoms with van der Waals surface area (Å²) in [5.74, 6) is 0.981. The highest BCUT2D eigenvalue weighted by Crippen LogP contribution is 2.32. The van der Waals surface area contributed by atoms with E-state index >= 15 is 0 Å². The maximum atomic E-state index is 6.08. The minimum atomic E-state index is 0.269. The second-order valence-electron chi connectivity index (χ2n) is 3.40. The second kappa shape index (κ2) is 4.06. The van der Waals surface area contributed by atoms with E-state index in [4.69, 9.17) is 26.6 Å². The number of methoxy groups -OCH3 is 1. The molecule has 0 atom stereocenters. The zero-order valence-electron chi connectivity index (χ0n) is 8.95. The van der Waals surface area contributed by atoms with Gasteiger partial charge in [0.1, 0.15) is 11.4 Å². The van der Waals surface area contributed by atoms with Gasteiger partial charge in [0.05, 0.1) is 7.11 Å². The van der Waals surface area contributed by atoms with E-state index in [2.05, 4.69) is 5.16 Å². The molecule has 16 heavy (non-hydrogen) atoms. The average Bonchev–Trinajstić information content (AvgIpc) is 2.69. The summed E-state index contributed by atoms with van der Waals surface area (Å²) in [6.07, 6.45) is 0. The van der Waals surface area contributed by atoms with Crippen LogP contribution in [0.2, 0.25) is 5.02 Å². The van der Waals surface area contributed by atoms with Crippen LogP contribution in [0.1, 0.15) is 5.56 Å². The average molecular weight is 239 g/mol. The van der Waals surface area contributed by atoms with Gasteiger partial charge in [-0.25, -0.2) is 0 Å². The van der Waals surface area contributed by atoms with Crippen molar-refractivity contribution in [2.45, 2.75) is 6.92 Å². The van der Waals surface area contributed by atoms with Crippen molar-refractivity contribution in [2.24, 2.45) is 0 Å². The quantitative estimate of drug-likeness (QED) is 0.874. The molecule has 0 saturated carbocycles. The van der Waals surface area contributed by atoms with Gasteiger partial charge in [-0.2, -0.15) is 0 Å². The Balaban J connectivity index is 2.54. The Labute approximate surface area is 97.9 Å². The molecule has 1 heterocycles. The van der Waals surface area contributed by atoms with Crippen molar-refractivity contribution in [2.75, 3.05) is 12.8 Å². The third kappa shape index (κ3) is 1.84. The molecule has 0 aliphatic rings. The molecule has 0 radical (unpaired) electrons. The minimum absolute atomic E-state index is 0.269. The fourth-order valence-electron chi connectivity index (χ4n) is 1.44. The van der Waals surface area contributed by atoms with Crippen molar-refractivity contribution >= 4 is 17.5 Å². The fourth-order valence-corrected chi connectivity index (χ4v) is 1.65. The van der Waals surface area contributed by atoms with Crippen LogP contribution in [0, 0.1) is 6.92 Å². The summed E-state index contributed by atoms with van der Waals surface area (Å²) < 4.78 is 10.0. The number of nitrogens with zero attached hydrogens (tertiary/aromatic N) is 1. The first-order chi connectivity index (χ1) is 7.61. The summed E-state index contributed by atoms with van der Waals surface area (Å²) in [6.45, 7) is 1.89. The van der Waals surface area contributed by atoms with Crippen LogP contribution in [0.3, 0.4) is 0 Å². The Morgan fingerprint density at radius 3 is 2.69 bits per heavy atom. The smallest absolute Gasteiger partial charge is 0.222 e. The van der Waals surface area contributed by atoms with E-state index in [0.29, 0.717) is 16.5 Å². The lowest BCUT2D eigenvalue weighted by molar-refractivity contribution is 0.411. The molecule has 0 spiro atoms. The Morgan fingerprint density at radius 2 is 2.12 bits per heavy atom. The van der Waals surface area contributed by atoms with Crippen molar-refractivity contribution in [3.8, 4) is 17.0 Å². The van der Waals surface area contributed by atoms with Gasteiger partial charge in [-0.3, -0.25) is 0 Å². The van der Waals surface area contributed by atoms with Gasteiger partial charge in [0.25, 0.3) is 0 Å². The lowest BCUT2D eigenvalue weighted by Crippen LogP contribution is -1.89. The van der Waals surface area contributed by atoms with Crippen molar-refractivity contribution in [3.63, 3.8) is 0 Å². The van der Waals surface area contributed by atoms with Gasteiger partial charge in [0.2, 0.25) is 5.88 Å². The van der Waals surface area contributed by atoms with E-state index < -0.39 is 0 Å². The number of nitrogens with two attached hydrogens (primary N) is 1. The monoisotopic (exact) mass is 238 g/mol. The molecule has 0 saturated heterocycles. The number of aromatic nitrogens is 1. The summed E-state index contributed by atoms with van der Waals surface area (Å²) in [5.41, 5.74) is 7.80. The van der Waals surface area contributed by atoms with Gasteiger partial charge in [-0.1, -0.05) is 16.8 Å². The lowest BCUT2D eigenvalue weighted by atomic mass is 10.1. The first-order valence-corrected chi connectivity index (χ1v) is 5.06. The molecule has 0 fully saturated rings. The number of anilines is 1. The fraction of sp³-hybridized carbons (Fsp3) is 0.182. The molecule has 0 bridgehead atoms. The zero-order valence-corrected chi connectivity index (χ0v) is 9.71. The predicted octanol–water partition coefficient (Wildman–Crippen LogP) is 2.89. The normalized spacial score (nSPS) is 10.4. The van der Waals surface area contributed by atoms with E-state index in [1.807, 2.05) is 13.0 Å². The maximum Gasteiger partial charge on any atom is 0.222 e. The standard InChI is InChI=1S/C11H11ClN2O2/c1-6-8(12)3-7(4-10(6)15-2)9-5-11(13)16-14-9/h3-5H,13H2,1-2H3. The van der Waals surface area contributed by atoms with Crippen LogP contribution in [0.15, 0.2) is 22.7 Å². The molecular weight excluding hydrogens is 228 g/mol. The molecule has 84 valence electrons. The van der Waals surface area contributed by atoms with Gasteiger partial charge in [0, 0.05) is 22.2 Å². The molecule has 0 aliphatic carbocycles. The number of ether oxygens (including phenoxy) is 1. The topological polar surface area (TPSA) is 61.3 Å². The Hall–Kier alpha value is -1.68. The Bertz CT molecular complexity index is 523. The largest absolute Gasteiger partial charge is 0.496 e. The van der Waals surface area contributed by atoms with Crippen LogP contribution in [-0.2, 0) is 0 Å². The summed E-state index contributed by atoms with van der Waals surface area (Å²) in [4.78, 5) is 0. The predicted molar refractivity (Wildman–Crippen MR) is 62.7 cm³/mol. The molecule has 2 aromatic rings. The van der Waals surface area contributed by atoms with Crippen LogP contribution in [0.25, 0.3) is 11.3 Å². The summed E-state index contributed by atoms with van der Waals surface area (Å²) in [7, 11) is 1.60. The molecule has 0 unspecified atom stereocenters. The number of benzene rings is 1. The van der Waals surface area contributed by atoms with E-state index in [1.165, 1.54) is 0 Å². The van der Waals surface area contributed by atoms with Gasteiger partial charge in [-0.15, -0.1) is 0 Å². The Kier molecular flexibility index (Phi) is 2.75. The third-order valence-electron chi connectivity index (χ3n) is 2.34. The number of hydrogen-bond donors (Lipinski definition) is 1. The number of hydrogen-bond acceptors (Lipinski definition) is 4. The number of rotatable bonds is 2. The van der Waals surface area contributed by atoms with Crippen LogP contribution in [0.4, 0.5) is 5.88 Å². The summed E-state index contributed by atoms with van der Waals surface area (Å²) in [6, 6.07) is 5.29. The van der Waals surface area contributed by atoms with Gasteiger partial charge >= 0.3 is 0 Å². The first kappa shape index (κ1) is 10.8. The van der Waals surface area contributed by atoms with Crippen molar-refractivity contribution in [1.82, 2.24) is 5.16 Å². The Morgan fingerprint density at radius 1 is 1.38 bits per heavy atom. The van der Waals surface area contributed by atoms with Gasteiger partial charge in [0.15, 0.2) is 0 Å². The van der Waals surface area contributed by atoms with Crippen molar-refractivity contribution in [3.05, 3.63) is 28.8 Å². The van der Waals surface area contributed by atoms with Crippen LogP contribution in [-0.4, -0.2) is 12.3 Å². The SMILES string of the molecule is COc1cc(-c2cc(N)on2)cc(Cl)c1C. The van der Waals surface area contributed by atoms with Gasteiger partial charge in [-0.05, 0) is 19.1 Å². The molecule has 0 aliphatic heterocycles. The van der Waals surface area contributed by atoms with E-state index in [0.717, 1.165) is 11.1 Å². The molecule has 2 rings (SSSR count). The highest BCUT2D eigenvalue weighted by atomic mass is 35.5. The minimum Gasteiger partial charge on any atom is -0.496 e. The van der Waals surface area contributed by atoms with E-state index in [1.54, 1.807) is 19.2 Å². The van der Waals surface area contributed by atoms with E-state index in [9.17, 15) is 0 Å².